The summed E-state index contributed by atoms with van der Waals surface area (Å²) in [7, 11) is 0. The van der Waals surface area contributed by atoms with Crippen molar-refractivity contribution < 1.29 is 4.42 Å². The van der Waals surface area contributed by atoms with Crippen LogP contribution in [0.5, 0.6) is 0 Å². The molecular formula is C19H17N3OS. The third-order valence-corrected chi connectivity index (χ3v) is 4.50. The van der Waals surface area contributed by atoms with Crippen molar-refractivity contribution >= 4 is 23.0 Å². The van der Waals surface area contributed by atoms with Gasteiger partial charge in [0.2, 0.25) is 0 Å². The van der Waals surface area contributed by atoms with E-state index in [9.17, 15) is 0 Å². The van der Waals surface area contributed by atoms with Gasteiger partial charge < -0.3 is 14.6 Å². The number of hydrogen-bond acceptors (Lipinski definition) is 3. The second-order valence-electron chi connectivity index (χ2n) is 5.78. The molecule has 120 valence electrons. The second kappa shape index (κ2) is 6.09. The van der Waals surface area contributed by atoms with E-state index in [0.717, 1.165) is 22.9 Å². The van der Waals surface area contributed by atoms with Crippen LogP contribution < -0.4 is 10.2 Å². The molecule has 0 amide bonds. The summed E-state index contributed by atoms with van der Waals surface area (Å²) in [5, 5.41) is 4.09. The van der Waals surface area contributed by atoms with Gasteiger partial charge in [0.25, 0.3) is 0 Å². The van der Waals surface area contributed by atoms with Crippen LogP contribution in [0.2, 0.25) is 0 Å². The lowest BCUT2D eigenvalue weighted by Gasteiger charge is -2.26. The minimum atomic E-state index is -0.0801. The number of benzene rings is 1. The lowest BCUT2D eigenvalue weighted by Crippen LogP contribution is -2.29. The number of nitrogens with zero attached hydrogens (tertiary/aromatic N) is 2. The summed E-state index contributed by atoms with van der Waals surface area (Å²) in [5.74, 6) is 1.76. The van der Waals surface area contributed by atoms with Gasteiger partial charge in [-0.15, -0.1) is 0 Å². The van der Waals surface area contributed by atoms with Crippen LogP contribution in [0, 0.1) is 6.92 Å². The number of furan rings is 1. The first-order valence-electron chi connectivity index (χ1n) is 7.86. The van der Waals surface area contributed by atoms with Crippen molar-refractivity contribution in [2.45, 2.75) is 19.0 Å². The van der Waals surface area contributed by atoms with Gasteiger partial charge in [-0.3, -0.25) is 4.98 Å². The Balaban J connectivity index is 1.82. The predicted octanol–water partition coefficient (Wildman–Crippen LogP) is 4.16. The first kappa shape index (κ1) is 14.9. The molecule has 5 heteroatoms. The zero-order valence-electron chi connectivity index (χ0n) is 13.2. The Kier molecular flexibility index (Phi) is 3.78. The Labute approximate surface area is 146 Å². The molecule has 2 unspecified atom stereocenters. The highest BCUT2D eigenvalue weighted by Crippen LogP contribution is 2.41. The SMILES string of the molecule is Cc1ccc(C2C(c3ccccn3)NC(=S)N2c2ccccc2)o1. The van der Waals surface area contributed by atoms with Crippen LogP contribution >= 0.6 is 12.2 Å². The van der Waals surface area contributed by atoms with Crippen LogP contribution in [-0.4, -0.2) is 10.1 Å². The molecule has 3 heterocycles. The summed E-state index contributed by atoms with van der Waals surface area (Å²) in [6.45, 7) is 1.95. The van der Waals surface area contributed by atoms with Crippen LogP contribution in [-0.2, 0) is 0 Å². The molecule has 2 atom stereocenters. The van der Waals surface area contributed by atoms with E-state index in [4.69, 9.17) is 16.6 Å². The maximum Gasteiger partial charge on any atom is 0.174 e. The van der Waals surface area contributed by atoms with Gasteiger partial charge >= 0.3 is 0 Å². The lowest BCUT2D eigenvalue weighted by molar-refractivity contribution is 0.418. The molecule has 4 rings (SSSR count). The molecule has 3 aromatic rings. The van der Waals surface area contributed by atoms with Crippen LogP contribution in [0.25, 0.3) is 0 Å². The smallest absolute Gasteiger partial charge is 0.174 e. The van der Waals surface area contributed by atoms with Gasteiger partial charge in [0.1, 0.15) is 17.6 Å². The Morgan fingerprint density at radius 2 is 1.83 bits per heavy atom. The molecule has 1 fully saturated rings. The zero-order valence-corrected chi connectivity index (χ0v) is 14.0. The molecule has 1 aliphatic heterocycles. The zero-order chi connectivity index (χ0) is 16.5. The fourth-order valence-electron chi connectivity index (χ4n) is 3.12. The first-order valence-corrected chi connectivity index (χ1v) is 8.27. The van der Waals surface area contributed by atoms with Gasteiger partial charge in [-0.1, -0.05) is 24.3 Å². The fourth-order valence-corrected chi connectivity index (χ4v) is 3.47. The third-order valence-electron chi connectivity index (χ3n) is 4.19. The quantitative estimate of drug-likeness (QED) is 0.728. The molecule has 0 saturated carbocycles. The summed E-state index contributed by atoms with van der Waals surface area (Å²) in [6, 6.07) is 19.9. The van der Waals surface area contributed by atoms with E-state index in [0.29, 0.717) is 5.11 Å². The number of nitrogens with one attached hydrogen (secondary N) is 1. The topological polar surface area (TPSA) is 41.3 Å². The van der Waals surface area contributed by atoms with Gasteiger partial charge in [-0.05, 0) is 55.5 Å². The summed E-state index contributed by atoms with van der Waals surface area (Å²) in [5.41, 5.74) is 1.98. The molecule has 2 aromatic heterocycles. The second-order valence-corrected chi connectivity index (χ2v) is 6.17. The number of rotatable bonds is 3. The minimum absolute atomic E-state index is 0.0653. The molecule has 1 saturated heterocycles. The molecule has 0 bridgehead atoms. The standard InChI is InChI=1S/C19H17N3OS/c1-13-10-11-16(23-13)18-17(15-9-5-6-12-20-15)21-19(24)22(18)14-7-3-2-4-8-14/h2-12,17-18H,1H3,(H,21,24). The highest BCUT2D eigenvalue weighted by molar-refractivity contribution is 7.80. The molecule has 0 spiro atoms. The van der Waals surface area contributed by atoms with E-state index in [1.54, 1.807) is 6.20 Å². The number of hydrogen-bond donors (Lipinski definition) is 1. The average Bonchev–Trinajstić information content (AvgIpc) is 3.19. The lowest BCUT2D eigenvalue weighted by atomic mass is 10.0. The van der Waals surface area contributed by atoms with Crippen molar-refractivity contribution in [2.75, 3.05) is 4.90 Å². The van der Waals surface area contributed by atoms with Gasteiger partial charge in [0, 0.05) is 11.9 Å². The van der Waals surface area contributed by atoms with E-state index >= 15 is 0 Å². The number of pyridine rings is 1. The average molecular weight is 335 g/mol. The Morgan fingerprint density at radius 3 is 2.50 bits per heavy atom. The molecule has 24 heavy (non-hydrogen) atoms. The van der Waals surface area contributed by atoms with E-state index in [-0.39, 0.29) is 12.1 Å². The molecular weight excluding hydrogens is 318 g/mol. The highest BCUT2D eigenvalue weighted by atomic mass is 32.1. The van der Waals surface area contributed by atoms with Crippen molar-refractivity contribution in [1.29, 1.82) is 0 Å². The van der Waals surface area contributed by atoms with E-state index in [1.165, 1.54) is 0 Å². The van der Waals surface area contributed by atoms with Crippen molar-refractivity contribution in [1.82, 2.24) is 10.3 Å². The molecule has 1 N–H and O–H groups in total. The van der Waals surface area contributed by atoms with E-state index < -0.39 is 0 Å². The number of aromatic nitrogens is 1. The van der Waals surface area contributed by atoms with Gasteiger partial charge in [-0.25, -0.2) is 0 Å². The molecule has 1 aromatic carbocycles. The minimum Gasteiger partial charge on any atom is -0.464 e. The van der Waals surface area contributed by atoms with E-state index in [2.05, 4.69) is 27.3 Å². The Hall–Kier alpha value is -2.66. The van der Waals surface area contributed by atoms with Crippen LogP contribution in [0.15, 0.2) is 71.3 Å². The number of para-hydroxylation sites is 1. The van der Waals surface area contributed by atoms with Crippen molar-refractivity contribution in [2.24, 2.45) is 0 Å². The maximum atomic E-state index is 5.95. The summed E-state index contributed by atoms with van der Waals surface area (Å²) < 4.78 is 5.95. The van der Waals surface area contributed by atoms with Gasteiger partial charge in [0.15, 0.2) is 5.11 Å². The van der Waals surface area contributed by atoms with Crippen molar-refractivity contribution in [3.8, 4) is 0 Å². The van der Waals surface area contributed by atoms with Crippen LogP contribution in [0.1, 0.15) is 29.3 Å². The number of thiocarbonyl (C=S) groups is 1. The van der Waals surface area contributed by atoms with Gasteiger partial charge in [-0.2, -0.15) is 0 Å². The normalized spacial score (nSPS) is 20.2. The number of anilines is 1. The third kappa shape index (κ3) is 2.57. The molecule has 1 aliphatic rings. The molecule has 4 nitrogen and oxygen atoms in total. The van der Waals surface area contributed by atoms with Crippen molar-refractivity contribution in [3.63, 3.8) is 0 Å². The highest BCUT2D eigenvalue weighted by Gasteiger charge is 2.42. The van der Waals surface area contributed by atoms with Crippen LogP contribution in [0.4, 0.5) is 5.69 Å². The summed E-state index contributed by atoms with van der Waals surface area (Å²) in [4.78, 5) is 6.62. The van der Waals surface area contributed by atoms with Crippen molar-refractivity contribution in [3.05, 3.63) is 84.1 Å². The Bertz CT molecular complexity index is 847. The number of aryl methyl sites for hydroxylation is 1. The predicted molar refractivity (Wildman–Crippen MR) is 97.8 cm³/mol. The molecule has 0 radical (unpaired) electrons. The van der Waals surface area contributed by atoms with Gasteiger partial charge in [0.05, 0.1) is 11.7 Å². The molecule has 0 aliphatic carbocycles. The van der Waals surface area contributed by atoms with E-state index in [1.807, 2.05) is 55.5 Å². The fraction of sp³-hybridized carbons (Fsp3) is 0.158. The maximum absolute atomic E-state index is 5.95. The summed E-state index contributed by atoms with van der Waals surface area (Å²) in [6.07, 6.45) is 1.80. The first-order chi connectivity index (χ1) is 11.7. The Morgan fingerprint density at radius 1 is 1.04 bits per heavy atom. The van der Waals surface area contributed by atoms with Crippen LogP contribution in [0.3, 0.4) is 0 Å². The summed E-state index contributed by atoms with van der Waals surface area (Å²) >= 11 is 5.63. The largest absolute Gasteiger partial charge is 0.464 e. The monoisotopic (exact) mass is 335 g/mol.